The molecule has 1 aromatic rings. The van der Waals surface area contributed by atoms with Crippen molar-refractivity contribution < 1.29 is 41.1 Å². The quantitative estimate of drug-likeness (QED) is 0.341. The SMILES string of the molecule is CCOC(=O)Cc1cc(C(F)F)c([N+](=O)[O-])nc1OC(F)(F)F. The van der Waals surface area contributed by atoms with Crippen LogP contribution in [0.2, 0.25) is 0 Å². The van der Waals surface area contributed by atoms with Crippen LogP contribution in [0.25, 0.3) is 0 Å². The first kappa shape index (κ1) is 18.5. The minimum Gasteiger partial charge on any atom is -0.466 e. The van der Waals surface area contributed by atoms with E-state index in [0.29, 0.717) is 6.07 Å². The summed E-state index contributed by atoms with van der Waals surface area (Å²) in [4.78, 5) is 23.5. The fourth-order valence-electron chi connectivity index (χ4n) is 1.55. The number of esters is 1. The van der Waals surface area contributed by atoms with Gasteiger partial charge in [0.1, 0.15) is 5.56 Å². The number of rotatable bonds is 6. The summed E-state index contributed by atoms with van der Waals surface area (Å²) in [6, 6.07) is 0.369. The largest absolute Gasteiger partial charge is 0.575 e. The van der Waals surface area contributed by atoms with Crippen LogP contribution in [0.1, 0.15) is 24.5 Å². The molecule has 128 valence electrons. The Morgan fingerprint density at radius 3 is 2.48 bits per heavy atom. The van der Waals surface area contributed by atoms with Crippen molar-refractivity contribution in [2.45, 2.75) is 26.1 Å². The lowest BCUT2D eigenvalue weighted by molar-refractivity contribution is -0.391. The molecule has 0 aliphatic rings. The molecule has 0 aliphatic heterocycles. The van der Waals surface area contributed by atoms with Gasteiger partial charge in [-0.15, -0.1) is 13.2 Å². The Labute approximate surface area is 125 Å². The lowest BCUT2D eigenvalue weighted by atomic mass is 10.1. The van der Waals surface area contributed by atoms with E-state index in [-0.39, 0.29) is 6.61 Å². The monoisotopic (exact) mass is 344 g/mol. The van der Waals surface area contributed by atoms with Crippen LogP contribution in [-0.2, 0) is 16.0 Å². The molecule has 7 nitrogen and oxygen atoms in total. The first-order chi connectivity index (χ1) is 10.5. The predicted octanol–water partition coefficient (Wildman–Crippen LogP) is 2.93. The van der Waals surface area contributed by atoms with Crippen molar-refractivity contribution in [3.05, 3.63) is 27.3 Å². The van der Waals surface area contributed by atoms with E-state index in [2.05, 4.69) is 14.5 Å². The molecule has 0 bridgehead atoms. The van der Waals surface area contributed by atoms with E-state index < -0.39 is 52.9 Å². The molecule has 0 atom stereocenters. The average molecular weight is 344 g/mol. The molecule has 0 N–H and O–H groups in total. The molecule has 0 saturated carbocycles. The maximum atomic E-state index is 12.8. The lowest BCUT2D eigenvalue weighted by Gasteiger charge is -2.11. The Kier molecular flexibility index (Phi) is 5.76. The second-order valence-electron chi connectivity index (χ2n) is 3.95. The van der Waals surface area contributed by atoms with Crippen molar-refractivity contribution in [2.24, 2.45) is 0 Å². The highest BCUT2D eigenvalue weighted by Crippen LogP contribution is 2.34. The maximum Gasteiger partial charge on any atom is 0.575 e. The van der Waals surface area contributed by atoms with Crippen molar-refractivity contribution in [3.63, 3.8) is 0 Å². The van der Waals surface area contributed by atoms with E-state index >= 15 is 0 Å². The maximum absolute atomic E-state index is 12.8. The standard InChI is InChI=1S/C11H9F5N2O5/c1-2-22-7(19)4-5-3-6(8(12)13)9(18(20)21)17-10(5)23-11(14,15)16/h3,8H,2,4H2,1H3. The topological polar surface area (TPSA) is 91.6 Å². The van der Waals surface area contributed by atoms with E-state index in [0.717, 1.165) is 0 Å². The van der Waals surface area contributed by atoms with Gasteiger partial charge in [0.15, 0.2) is 0 Å². The zero-order chi connectivity index (χ0) is 17.8. The normalized spacial score (nSPS) is 11.4. The molecular formula is C11H9F5N2O5. The average Bonchev–Trinajstić information content (AvgIpc) is 2.38. The number of nitrogens with zero attached hydrogens (tertiary/aromatic N) is 2. The first-order valence-electron chi connectivity index (χ1n) is 5.92. The Hall–Kier alpha value is -2.53. The number of hydrogen-bond acceptors (Lipinski definition) is 6. The van der Waals surface area contributed by atoms with Gasteiger partial charge in [0.05, 0.1) is 18.6 Å². The Morgan fingerprint density at radius 1 is 1.43 bits per heavy atom. The molecule has 23 heavy (non-hydrogen) atoms. The van der Waals surface area contributed by atoms with Gasteiger partial charge in [0.25, 0.3) is 6.43 Å². The summed E-state index contributed by atoms with van der Waals surface area (Å²) in [5.74, 6) is -3.89. The number of aromatic nitrogens is 1. The summed E-state index contributed by atoms with van der Waals surface area (Å²) in [5.41, 5.74) is -1.94. The summed E-state index contributed by atoms with van der Waals surface area (Å²) in [5, 5.41) is 10.7. The summed E-state index contributed by atoms with van der Waals surface area (Å²) in [6.07, 6.45) is -9.54. The number of carbonyl (C=O) groups excluding carboxylic acids is 1. The molecule has 0 aromatic carbocycles. The summed E-state index contributed by atoms with van der Waals surface area (Å²) in [7, 11) is 0. The zero-order valence-corrected chi connectivity index (χ0v) is 11.4. The molecular weight excluding hydrogens is 335 g/mol. The van der Waals surface area contributed by atoms with Gasteiger partial charge >= 0.3 is 24.0 Å². The van der Waals surface area contributed by atoms with E-state index in [1.54, 1.807) is 0 Å². The highest BCUT2D eigenvalue weighted by Gasteiger charge is 2.38. The molecule has 0 amide bonds. The minimum atomic E-state index is -5.28. The van der Waals surface area contributed by atoms with Crippen LogP contribution in [0, 0.1) is 10.1 Å². The van der Waals surface area contributed by atoms with Gasteiger partial charge in [0.2, 0.25) is 0 Å². The molecule has 1 rings (SSSR count). The van der Waals surface area contributed by atoms with Crippen LogP contribution < -0.4 is 4.74 Å². The van der Waals surface area contributed by atoms with Gasteiger partial charge in [-0.1, -0.05) is 0 Å². The number of hydrogen-bond donors (Lipinski definition) is 0. The first-order valence-corrected chi connectivity index (χ1v) is 5.92. The summed E-state index contributed by atoms with van der Waals surface area (Å²) >= 11 is 0. The van der Waals surface area contributed by atoms with Crippen molar-refractivity contribution in [1.82, 2.24) is 4.98 Å². The lowest BCUT2D eigenvalue weighted by Crippen LogP contribution is -2.21. The van der Waals surface area contributed by atoms with E-state index in [4.69, 9.17) is 0 Å². The van der Waals surface area contributed by atoms with Gasteiger partial charge in [-0.2, -0.15) is 0 Å². The molecule has 0 saturated heterocycles. The molecule has 1 heterocycles. The molecule has 12 heteroatoms. The van der Waals surface area contributed by atoms with Crippen LogP contribution in [0.5, 0.6) is 5.88 Å². The highest BCUT2D eigenvalue weighted by molar-refractivity contribution is 5.73. The van der Waals surface area contributed by atoms with E-state index in [1.165, 1.54) is 6.92 Å². The number of alkyl halides is 5. The van der Waals surface area contributed by atoms with Gasteiger partial charge < -0.3 is 19.6 Å². The number of halogens is 5. The van der Waals surface area contributed by atoms with Crippen molar-refractivity contribution >= 4 is 11.8 Å². The third-order valence-corrected chi connectivity index (χ3v) is 2.33. The Bertz CT molecular complexity index is 605. The smallest absolute Gasteiger partial charge is 0.466 e. The van der Waals surface area contributed by atoms with E-state index in [9.17, 15) is 36.9 Å². The fourth-order valence-corrected chi connectivity index (χ4v) is 1.55. The van der Waals surface area contributed by atoms with Crippen molar-refractivity contribution in [1.29, 1.82) is 0 Å². The molecule has 0 fully saturated rings. The molecule has 0 spiro atoms. The van der Waals surface area contributed by atoms with Crippen LogP contribution in [-0.4, -0.2) is 28.8 Å². The predicted molar refractivity (Wildman–Crippen MR) is 62.9 cm³/mol. The van der Waals surface area contributed by atoms with Crippen LogP contribution in [0.4, 0.5) is 27.8 Å². The second-order valence-corrected chi connectivity index (χ2v) is 3.95. The van der Waals surface area contributed by atoms with Gasteiger partial charge in [-0.05, 0) is 17.9 Å². The van der Waals surface area contributed by atoms with Crippen molar-refractivity contribution in [2.75, 3.05) is 6.61 Å². The molecule has 0 radical (unpaired) electrons. The summed E-state index contributed by atoms with van der Waals surface area (Å²) in [6.45, 7) is 1.32. The Morgan fingerprint density at radius 2 is 2.04 bits per heavy atom. The number of ether oxygens (including phenoxy) is 2. The van der Waals surface area contributed by atoms with Crippen LogP contribution in [0.3, 0.4) is 0 Å². The highest BCUT2D eigenvalue weighted by atomic mass is 19.4. The minimum absolute atomic E-state index is 0.101. The third-order valence-electron chi connectivity index (χ3n) is 2.33. The van der Waals surface area contributed by atoms with E-state index in [1.807, 2.05) is 0 Å². The zero-order valence-electron chi connectivity index (χ0n) is 11.4. The number of nitro groups is 1. The van der Waals surface area contributed by atoms with Gasteiger partial charge in [-0.25, -0.2) is 8.78 Å². The van der Waals surface area contributed by atoms with Crippen LogP contribution in [0.15, 0.2) is 6.07 Å². The summed E-state index contributed by atoms with van der Waals surface area (Å²) < 4.78 is 70.5. The van der Waals surface area contributed by atoms with Crippen molar-refractivity contribution in [3.8, 4) is 5.88 Å². The number of carbonyl (C=O) groups is 1. The van der Waals surface area contributed by atoms with Gasteiger partial charge in [-0.3, -0.25) is 4.79 Å². The van der Waals surface area contributed by atoms with Gasteiger partial charge in [0, 0.05) is 4.98 Å². The second kappa shape index (κ2) is 7.15. The Balaban J connectivity index is 3.40. The molecule has 1 aromatic heterocycles. The van der Waals surface area contributed by atoms with Crippen LogP contribution >= 0.6 is 0 Å². The number of pyridine rings is 1. The molecule has 0 unspecified atom stereocenters. The molecule has 0 aliphatic carbocycles. The fraction of sp³-hybridized carbons (Fsp3) is 0.455. The third kappa shape index (κ3) is 5.30.